The zero-order valence-corrected chi connectivity index (χ0v) is 18.6. The summed E-state index contributed by atoms with van der Waals surface area (Å²) in [5, 5.41) is 10.1. The molecule has 1 unspecified atom stereocenters. The molecule has 0 spiro atoms. The van der Waals surface area contributed by atoms with Crippen LogP contribution in [-0.4, -0.2) is 46.7 Å². The van der Waals surface area contributed by atoms with Crippen molar-refractivity contribution in [2.24, 2.45) is 0 Å². The molecular weight excluding hydrogens is 424 g/mol. The fraction of sp³-hybridized carbons (Fsp3) is 0.320. The molecule has 5 rings (SSSR count). The van der Waals surface area contributed by atoms with Crippen LogP contribution in [0.4, 0.5) is 4.79 Å². The minimum atomic E-state index is -0.949. The Hall–Kier alpha value is -3.19. The van der Waals surface area contributed by atoms with Crippen LogP contribution in [0.2, 0.25) is 0 Å². The van der Waals surface area contributed by atoms with E-state index in [1.165, 1.54) is 33.6 Å². The molecule has 1 N–H and O–H groups in total. The van der Waals surface area contributed by atoms with E-state index in [4.69, 9.17) is 4.74 Å². The average Bonchev–Trinajstić information content (AvgIpc) is 3.36. The number of carbonyl (C=O) groups excluding carboxylic acids is 1. The summed E-state index contributed by atoms with van der Waals surface area (Å²) in [6, 6.07) is 16.6. The second-order valence-corrected chi connectivity index (χ2v) is 9.39. The number of nitrogens with zero attached hydrogens (tertiary/aromatic N) is 2. The van der Waals surface area contributed by atoms with Gasteiger partial charge in [0.1, 0.15) is 11.5 Å². The van der Waals surface area contributed by atoms with Gasteiger partial charge in [0.05, 0.1) is 10.7 Å². The van der Waals surface area contributed by atoms with Crippen LogP contribution in [0.1, 0.15) is 56.2 Å². The molecule has 2 heterocycles. The third-order valence-corrected chi connectivity index (χ3v) is 7.68. The van der Waals surface area contributed by atoms with E-state index in [9.17, 15) is 14.7 Å². The Balaban J connectivity index is 1.28. The minimum absolute atomic E-state index is 0.0340. The summed E-state index contributed by atoms with van der Waals surface area (Å²) in [6.45, 7) is 3.16. The standard InChI is InChI=1S/C25H24N2O4S/c1-15-22(24(28)29)32-23(26-15)16-7-6-12-27(13-16)25(30)31-14-21-19-10-4-2-8-17(19)18-9-3-5-11-20(18)21/h2-5,8-11,16,21H,6-7,12-14H2,1H3,(H,28,29). The lowest BCUT2D eigenvalue weighted by Gasteiger charge is -2.31. The summed E-state index contributed by atoms with van der Waals surface area (Å²) in [5.41, 5.74) is 5.33. The van der Waals surface area contributed by atoms with E-state index in [0.29, 0.717) is 25.4 Å². The first-order chi connectivity index (χ1) is 15.5. The number of hydrogen-bond donors (Lipinski definition) is 1. The van der Waals surface area contributed by atoms with Crippen molar-refractivity contribution in [3.05, 3.63) is 75.2 Å². The molecule has 164 valence electrons. The number of rotatable bonds is 4. The molecule has 0 saturated carbocycles. The van der Waals surface area contributed by atoms with Crippen LogP contribution >= 0.6 is 11.3 Å². The average molecular weight is 449 g/mol. The smallest absolute Gasteiger partial charge is 0.409 e. The molecule has 0 radical (unpaired) electrons. The number of piperidine rings is 1. The Bertz CT molecular complexity index is 1140. The topological polar surface area (TPSA) is 79.7 Å². The summed E-state index contributed by atoms with van der Waals surface area (Å²) in [5.74, 6) is -0.872. The zero-order chi connectivity index (χ0) is 22.2. The number of benzene rings is 2. The van der Waals surface area contributed by atoms with Crippen molar-refractivity contribution in [1.29, 1.82) is 0 Å². The van der Waals surface area contributed by atoms with Crippen LogP contribution in [0.3, 0.4) is 0 Å². The van der Waals surface area contributed by atoms with E-state index in [1.54, 1.807) is 11.8 Å². The molecule has 0 bridgehead atoms. The first kappa shape index (κ1) is 20.7. The number of carboxylic acids is 1. The molecule has 1 aliphatic carbocycles. The quantitative estimate of drug-likeness (QED) is 0.588. The number of fused-ring (bicyclic) bond motifs is 3. The number of aromatic nitrogens is 1. The fourth-order valence-corrected chi connectivity index (χ4v) is 5.85. The Morgan fingerprint density at radius 3 is 2.41 bits per heavy atom. The highest BCUT2D eigenvalue weighted by Crippen LogP contribution is 2.44. The molecule has 1 saturated heterocycles. The number of ether oxygens (including phenoxy) is 1. The normalized spacial score (nSPS) is 17.7. The van der Waals surface area contributed by atoms with Gasteiger partial charge in [-0.2, -0.15) is 0 Å². The maximum Gasteiger partial charge on any atom is 0.409 e. The molecule has 1 amide bonds. The molecule has 1 fully saturated rings. The van der Waals surface area contributed by atoms with Crippen LogP contribution in [0.15, 0.2) is 48.5 Å². The zero-order valence-electron chi connectivity index (χ0n) is 17.8. The Morgan fingerprint density at radius 2 is 1.78 bits per heavy atom. The summed E-state index contributed by atoms with van der Waals surface area (Å²) < 4.78 is 5.81. The molecular formula is C25H24N2O4S. The van der Waals surface area contributed by atoms with Gasteiger partial charge in [-0.1, -0.05) is 48.5 Å². The molecule has 7 heteroatoms. The Morgan fingerprint density at radius 1 is 1.12 bits per heavy atom. The molecule has 1 aliphatic heterocycles. The highest BCUT2D eigenvalue weighted by molar-refractivity contribution is 7.13. The monoisotopic (exact) mass is 448 g/mol. The number of amides is 1. The molecule has 2 aliphatic rings. The van der Waals surface area contributed by atoms with Gasteiger partial charge in [0.15, 0.2) is 0 Å². The van der Waals surface area contributed by atoms with Crippen LogP contribution in [0.25, 0.3) is 11.1 Å². The Labute approximate surface area is 190 Å². The van der Waals surface area contributed by atoms with E-state index in [-0.39, 0.29) is 22.8 Å². The lowest BCUT2D eigenvalue weighted by atomic mass is 9.98. The number of aryl methyl sites for hydroxylation is 1. The second kappa shape index (κ2) is 8.39. The predicted octanol–water partition coefficient (Wildman–Crippen LogP) is 5.28. The molecule has 3 aromatic rings. The number of carbonyl (C=O) groups is 2. The SMILES string of the molecule is Cc1nc(C2CCCN(C(=O)OCC3c4ccccc4-c4ccccc43)C2)sc1C(=O)O. The fourth-order valence-electron chi connectivity index (χ4n) is 4.82. The van der Waals surface area contributed by atoms with Gasteiger partial charge < -0.3 is 14.7 Å². The second-order valence-electron chi connectivity index (χ2n) is 8.36. The lowest BCUT2D eigenvalue weighted by molar-refractivity contribution is 0.0700. The van der Waals surface area contributed by atoms with Crippen molar-refractivity contribution in [2.45, 2.75) is 31.6 Å². The van der Waals surface area contributed by atoms with Gasteiger partial charge in [-0.05, 0) is 42.0 Å². The number of aromatic carboxylic acids is 1. The number of thiazole rings is 1. The van der Waals surface area contributed by atoms with Crippen LogP contribution < -0.4 is 0 Å². The lowest BCUT2D eigenvalue weighted by Crippen LogP contribution is -2.39. The van der Waals surface area contributed by atoms with Crippen molar-refractivity contribution in [3.8, 4) is 11.1 Å². The van der Waals surface area contributed by atoms with Crippen molar-refractivity contribution in [3.63, 3.8) is 0 Å². The van der Waals surface area contributed by atoms with Gasteiger partial charge in [-0.15, -0.1) is 11.3 Å². The summed E-state index contributed by atoms with van der Waals surface area (Å²) in [4.78, 5) is 30.8. The van der Waals surface area contributed by atoms with Crippen LogP contribution in [0.5, 0.6) is 0 Å². The summed E-state index contributed by atoms with van der Waals surface area (Å²) in [7, 11) is 0. The van der Waals surface area contributed by atoms with Gasteiger partial charge >= 0.3 is 12.1 Å². The predicted molar refractivity (Wildman–Crippen MR) is 122 cm³/mol. The largest absolute Gasteiger partial charge is 0.477 e. The molecule has 32 heavy (non-hydrogen) atoms. The van der Waals surface area contributed by atoms with Crippen molar-refractivity contribution >= 4 is 23.4 Å². The molecule has 1 aromatic heterocycles. The van der Waals surface area contributed by atoms with Gasteiger partial charge in [0.25, 0.3) is 0 Å². The van der Waals surface area contributed by atoms with E-state index >= 15 is 0 Å². The van der Waals surface area contributed by atoms with Gasteiger partial charge in [0, 0.05) is 24.9 Å². The molecule has 1 atom stereocenters. The molecule has 6 nitrogen and oxygen atoms in total. The van der Waals surface area contributed by atoms with Crippen molar-refractivity contribution in [1.82, 2.24) is 9.88 Å². The van der Waals surface area contributed by atoms with Crippen molar-refractivity contribution < 1.29 is 19.4 Å². The van der Waals surface area contributed by atoms with Crippen molar-refractivity contribution in [2.75, 3.05) is 19.7 Å². The summed E-state index contributed by atoms with van der Waals surface area (Å²) in [6.07, 6.45) is 1.41. The first-order valence-electron chi connectivity index (χ1n) is 10.8. The third kappa shape index (κ3) is 3.66. The summed E-state index contributed by atoms with van der Waals surface area (Å²) >= 11 is 1.22. The number of hydrogen-bond acceptors (Lipinski definition) is 5. The number of carboxylic acid groups (broad SMARTS) is 1. The Kier molecular flexibility index (Phi) is 5.43. The van der Waals surface area contributed by atoms with E-state index in [1.807, 2.05) is 24.3 Å². The van der Waals surface area contributed by atoms with Gasteiger partial charge in [0.2, 0.25) is 0 Å². The molecule has 2 aromatic carbocycles. The first-order valence-corrected chi connectivity index (χ1v) is 11.6. The van der Waals surface area contributed by atoms with E-state index in [2.05, 4.69) is 29.2 Å². The van der Waals surface area contributed by atoms with Crippen LogP contribution in [0, 0.1) is 6.92 Å². The van der Waals surface area contributed by atoms with E-state index < -0.39 is 5.97 Å². The van der Waals surface area contributed by atoms with Gasteiger partial charge in [-0.25, -0.2) is 14.6 Å². The van der Waals surface area contributed by atoms with E-state index in [0.717, 1.165) is 17.8 Å². The highest BCUT2D eigenvalue weighted by Gasteiger charge is 2.32. The highest BCUT2D eigenvalue weighted by atomic mass is 32.1. The van der Waals surface area contributed by atoms with Crippen LogP contribution in [-0.2, 0) is 4.74 Å². The minimum Gasteiger partial charge on any atom is -0.477 e. The number of likely N-dealkylation sites (tertiary alicyclic amines) is 1. The maximum atomic E-state index is 12.9. The third-order valence-electron chi connectivity index (χ3n) is 6.37. The maximum absolute atomic E-state index is 12.9. The van der Waals surface area contributed by atoms with Gasteiger partial charge in [-0.3, -0.25) is 0 Å².